The van der Waals surface area contributed by atoms with Crippen LogP contribution < -0.4 is 4.74 Å². The molecule has 4 rings (SSSR count). The molecule has 0 fully saturated rings. The minimum atomic E-state index is -0.710. The van der Waals surface area contributed by atoms with E-state index in [2.05, 4.69) is 10.1 Å². The van der Waals surface area contributed by atoms with E-state index in [-0.39, 0.29) is 18.5 Å². The van der Waals surface area contributed by atoms with Crippen molar-refractivity contribution in [3.05, 3.63) is 100 Å². The zero-order chi connectivity index (χ0) is 23.9. The molecule has 3 aromatic rings. The Bertz CT molecular complexity index is 1110. The van der Waals surface area contributed by atoms with E-state index in [0.29, 0.717) is 31.1 Å². The normalized spacial score (nSPS) is 16.3. The Morgan fingerprint density at radius 1 is 1.12 bits per heavy atom. The topological polar surface area (TPSA) is 54.3 Å². The maximum absolute atomic E-state index is 13.4. The molecule has 0 bridgehead atoms. The van der Waals surface area contributed by atoms with E-state index in [9.17, 15) is 9.50 Å². The van der Waals surface area contributed by atoms with Crippen molar-refractivity contribution in [1.82, 2.24) is 4.90 Å². The van der Waals surface area contributed by atoms with Gasteiger partial charge in [-0.3, -0.25) is 4.90 Å². The summed E-state index contributed by atoms with van der Waals surface area (Å²) < 4.78 is 19.2. The van der Waals surface area contributed by atoms with Gasteiger partial charge in [-0.2, -0.15) is 0 Å². The lowest BCUT2D eigenvalue weighted by atomic mass is 10.0. The Kier molecular flexibility index (Phi) is 8.16. The van der Waals surface area contributed by atoms with Crippen LogP contribution in [0.5, 0.6) is 5.75 Å². The molecule has 2 atom stereocenters. The largest absolute Gasteiger partial charge is 0.491 e. The minimum Gasteiger partial charge on any atom is -0.491 e. The van der Waals surface area contributed by atoms with Crippen molar-refractivity contribution >= 4 is 17.3 Å². The Labute approximate surface area is 204 Å². The first-order valence-electron chi connectivity index (χ1n) is 11.3. The Balaban J connectivity index is 1.38. The number of nitrogens with zero attached hydrogens (tertiary/aromatic N) is 2. The fourth-order valence-corrected chi connectivity index (χ4v) is 4.06. The molecule has 1 aliphatic heterocycles. The van der Waals surface area contributed by atoms with Crippen LogP contribution >= 0.6 is 11.6 Å². The molecule has 0 aromatic heterocycles. The quantitative estimate of drug-likeness (QED) is 0.430. The van der Waals surface area contributed by atoms with Crippen molar-refractivity contribution in [2.24, 2.45) is 5.16 Å². The molecule has 178 valence electrons. The van der Waals surface area contributed by atoms with Crippen LogP contribution in [0.3, 0.4) is 0 Å². The van der Waals surface area contributed by atoms with Gasteiger partial charge >= 0.3 is 0 Å². The van der Waals surface area contributed by atoms with Crippen LogP contribution in [0.15, 0.2) is 78.0 Å². The lowest BCUT2D eigenvalue weighted by molar-refractivity contribution is 0.0212. The van der Waals surface area contributed by atoms with Gasteiger partial charge in [-0.25, -0.2) is 4.39 Å². The van der Waals surface area contributed by atoms with E-state index in [1.165, 1.54) is 12.1 Å². The summed E-state index contributed by atoms with van der Waals surface area (Å²) in [7, 11) is 0. The molecule has 3 aromatic carbocycles. The number of aliphatic hydroxyl groups excluding tert-OH is 1. The molecule has 7 heteroatoms. The van der Waals surface area contributed by atoms with E-state index >= 15 is 0 Å². The van der Waals surface area contributed by atoms with Crippen LogP contribution in [0.25, 0.3) is 0 Å². The van der Waals surface area contributed by atoms with Crippen LogP contribution in [0, 0.1) is 12.7 Å². The van der Waals surface area contributed by atoms with Crippen molar-refractivity contribution in [1.29, 1.82) is 0 Å². The summed E-state index contributed by atoms with van der Waals surface area (Å²) in [6.45, 7) is 3.61. The van der Waals surface area contributed by atoms with Gasteiger partial charge < -0.3 is 14.7 Å². The Morgan fingerprint density at radius 2 is 1.85 bits per heavy atom. The minimum absolute atomic E-state index is 0.157. The molecule has 1 heterocycles. The van der Waals surface area contributed by atoms with Crippen molar-refractivity contribution in [2.75, 3.05) is 19.7 Å². The van der Waals surface area contributed by atoms with Gasteiger partial charge in [0.05, 0.1) is 5.71 Å². The number of rotatable bonds is 10. The number of benzene rings is 3. The van der Waals surface area contributed by atoms with Gasteiger partial charge in [-0.15, -0.1) is 0 Å². The van der Waals surface area contributed by atoms with E-state index in [4.69, 9.17) is 21.2 Å². The molecule has 0 unspecified atom stereocenters. The highest BCUT2D eigenvalue weighted by Crippen LogP contribution is 2.21. The summed E-state index contributed by atoms with van der Waals surface area (Å²) in [5.41, 5.74) is 3.81. The van der Waals surface area contributed by atoms with E-state index < -0.39 is 6.10 Å². The van der Waals surface area contributed by atoms with Gasteiger partial charge in [0, 0.05) is 31.1 Å². The van der Waals surface area contributed by atoms with E-state index in [0.717, 1.165) is 28.2 Å². The summed E-state index contributed by atoms with van der Waals surface area (Å²) in [4.78, 5) is 7.79. The second-order valence-electron chi connectivity index (χ2n) is 8.53. The smallest absolute Gasteiger partial charge is 0.145 e. The van der Waals surface area contributed by atoms with Crippen molar-refractivity contribution < 1.29 is 19.1 Å². The van der Waals surface area contributed by atoms with Gasteiger partial charge in [-0.1, -0.05) is 59.2 Å². The maximum Gasteiger partial charge on any atom is 0.145 e. The molecule has 0 radical (unpaired) electrons. The fraction of sp³-hybridized carbons (Fsp3) is 0.296. The van der Waals surface area contributed by atoms with Crippen molar-refractivity contribution in [3.63, 3.8) is 0 Å². The first-order valence-corrected chi connectivity index (χ1v) is 11.7. The van der Waals surface area contributed by atoms with Gasteiger partial charge in [-0.05, 0) is 53.9 Å². The number of hydrogen-bond donors (Lipinski definition) is 1. The van der Waals surface area contributed by atoms with Gasteiger partial charge in [0.2, 0.25) is 0 Å². The lowest BCUT2D eigenvalue weighted by Crippen LogP contribution is -2.39. The third kappa shape index (κ3) is 6.79. The highest BCUT2D eigenvalue weighted by Gasteiger charge is 2.26. The molecule has 0 amide bonds. The van der Waals surface area contributed by atoms with Gasteiger partial charge in [0.15, 0.2) is 0 Å². The van der Waals surface area contributed by atoms with Crippen LogP contribution in [0.1, 0.15) is 23.1 Å². The average molecular weight is 483 g/mol. The number of hydrogen-bond acceptors (Lipinski definition) is 5. The van der Waals surface area contributed by atoms with Crippen LogP contribution in [0.4, 0.5) is 4.39 Å². The van der Waals surface area contributed by atoms with Crippen LogP contribution in [-0.2, 0) is 11.4 Å². The predicted molar refractivity (Wildman–Crippen MR) is 132 cm³/mol. The van der Waals surface area contributed by atoms with Gasteiger partial charge in [0.25, 0.3) is 0 Å². The summed E-state index contributed by atoms with van der Waals surface area (Å²) in [6.07, 6.45) is -0.217. The van der Waals surface area contributed by atoms with E-state index in [1.807, 2.05) is 55.5 Å². The predicted octanol–water partition coefficient (Wildman–Crippen LogP) is 5.22. The molecule has 34 heavy (non-hydrogen) atoms. The first-order chi connectivity index (χ1) is 16.5. The molecule has 0 saturated carbocycles. The third-order valence-electron chi connectivity index (χ3n) is 5.69. The van der Waals surface area contributed by atoms with Crippen LogP contribution in [0.2, 0.25) is 5.02 Å². The first kappa shape index (κ1) is 24.2. The zero-order valence-corrected chi connectivity index (χ0v) is 19.8. The summed E-state index contributed by atoms with van der Waals surface area (Å²) in [6, 6.07) is 21.6. The second kappa shape index (κ2) is 11.5. The maximum atomic E-state index is 13.4. The zero-order valence-electron chi connectivity index (χ0n) is 19.0. The standard InChI is InChI=1S/C27H28ClFN2O3/c1-19-4-2-3-5-27(19)33-18-24(32)16-31(15-20-6-12-23(29)13-7-20)17-25-14-26(30-34-25)21-8-10-22(28)11-9-21/h2-13,24-25,32H,14-18H2,1H3/t24-,25-/m0/s1. The second-order valence-corrected chi connectivity index (χ2v) is 8.96. The number of aryl methyl sites for hydroxylation is 1. The Morgan fingerprint density at radius 3 is 2.59 bits per heavy atom. The fourth-order valence-electron chi connectivity index (χ4n) is 3.93. The molecule has 0 aliphatic carbocycles. The van der Waals surface area contributed by atoms with Crippen molar-refractivity contribution in [3.8, 4) is 5.75 Å². The molecule has 1 N–H and O–H groups in total. The Hall–Kier alpha value is -2.93. The third-order valence-corrected chi connectivity index (χ3v) is 5.94. The van der Waals surface area contributed by atoms with Crippen molar-refractivity contribution in [2.45, 2.75) is 32.1 Å². The summed E-state index contributed by atoms with van der Waals surface area (Å²) in [5, 5.41) is 15.7. The number of halogens is 2. The number of oxime groups is 1. The van der Waals surface area contributed by atoms with Gasteiger partial charge in [0.1, 0.15) is 30.4 Å². The highest BCUT2D eigenvalue weighted by atomic mass is 35.5. The SMILES string of the molecule is Cc1ccccc1OC[C@@H](O)CN(Cc1ccc(F)cc1)C[C@@H]1CC(c2ccc(Cl)cc2)=NO1. The monoisotopic (exact) mass is 482 g/mol. The number of aliphatic hydroxyl groups is 1. The number of para-hydroxylation sites is 1. The molecule has 0 saturated heterocycles. The average Bonchev–Trinajstić information content (AvgIpc) is 3.29. The molecular formula is C27H28ClFN2O3. The number of ether oxygens (including phenoxy) is 1. The van der Waals surface area contributed by atoms with E-state index in [1.54, 1.807) is 12.1 Å². The molecular weight excluding hydrogens is 455 g/mol. The molecule has 0 spiro atoms. The lowest BCUT2D eigenvalue weighted by Gasteiger charge is -2.27. The molecule has 1 aliphatic rings. The summed E-state index contributed by atoms with van der Waals surface area (Å²) >= 11 is 5.99. The summed E-state index contributed by atoms with van der Waals surface area (Å²) in [5.74, 6) is 0.480. The van der Waals surface area contributed by atoms with Crippen LogP contribution in [-0.4, -0.2) is 47.6 Å². The molecule has 5 nitrogen and oxygen atoms in total. The highest BCUT2D eigenvalue weighted by molar-refractivity contribution is 6.30.